The molecule has 8 aromatic rings. The summed E-state index contributed by atoms with van der Waals surface area (Å²) in [5, 5.41) is 2.47. The average Bonchev–Trinajstić information content (AvgIpc) is 3.25. The molecule has 256 valence electrons. The highest BCUT2D eigenvalue weighted by atomic mass is 14.1. The van der Waals surface area contributed by atoms with Crippen LogP contribution in [0.4, 0.5) is 0 Å². The van der Waals surface area contributed by atoms with Gasteiger partial charge in [0.1, 0.15) is 0 Å². The minimum atomic E-state index is 1.17. The van der Waals surface area contributed by atoms with E-state index in [9.17, 15) is 0 Å². The van der Waals surface area contributed by atoms with Crippen LogP contribution in [0.5, 0.6) is 0 Å². The van der Waals surface area contributed by atoms with Crippen molar-refractivity contribution >= 4 is 58.4 Å². The zero-order valence-electron chi connectivity index (χ0n) is 30.1. The normalized spacial score (nSPS) is 11.2. The summed E-state index contributed by atoms with van der Waals surface area (Å²) < 4.78 is 0. The molecular formula is C54H40. The van der Waals surface area contributed by atoms with E-state index in [1.165, 1.54) is 77.6 Å². The molecule has 0 atom stereocenters. The summed E-state index contributed by atoms with van der Waals surface area (Å²) in [5.74, 6) is 0. The number of hydrogen-bond donors (Lipinski definition) is 0. The molecule has 0 amide bonds. The predicted molar refractivity (Wildman–Crippen MR) is 234 cm³/mol. The highest BCUT2D eigenvalue weighted by Gasteiger charge is 2.07. The zero-order chi connectivity index (χ0) is 36.4. The van der Waals surface area contributed by atoms with Gasteiger partial charge in [0.25, 0.3) is 0 Å². The van der Waals surface area contributed by atoms with Gasteiger partial charge in [-0.15, -0.1) is 0 Å². The third-order valence-corrected chi connectivity index (χ3v) is 9.74. The van der Waals surface area contributed by atoms with Crippen molar-refractivity contribution in [2.75, 3.05) is 0 Å². The fourth-order valence-corrected chi connectivity index (χ4v) is 6.89. The molecular weight excluding hydrogens is 649 g/mol. The molecule has 0 aliphatic rings. The van der Waals surface area contributed by atoms with Crippen molar-refractivity contribution in [3.8, 4) is 0 Å². The van der Waals surface area contributed by atoms with Crippen molar-refractivity contribution < 1.29 is 0 Å². The lowest BCUT2D eigenvalue weighted by atomic mass is 9.95. The van der Waals surface area contributed by atoms with E-state index in [2.05, 4.69) is 243 Å². The highest BCUT2D eigenvalue weighted by Crippen LogP contribution is 2.29. The molecule has 0 aromatic heterocycles. The summed E-state index contributed by atoms with van der Waals surface area (Å²) >= 11 is 0. The molecule has 0 heterocycles. The molecule has 8 rings (SSSR count). The van der Waals surface area contributed by atoms with E-state index in [-0.39, 0.29) is 0 Å². The SMILES string of the molecule is C(=C(c1ccccc1)c1ccccc1)c1ccc(/C=C\c2ccc(/C=C\c3ccc(C=C(c4ccccc4)c4ccccc4)cc3)c3ccccc23)cc1. The predicted octanol–water partition coefficient (Wildman–Crippen LogP) is 14.4. The number of rotatable bonds is 10. The van der Waals surface area contributed by atoms with E-state index in [1.807, 2.05) is 0 Å². The van der Waals surface area contributed by atoms with Crippen LogP contribution in [0.2, 0.25) is 0 Å². The first-order chi connectivity index (χ1) is 26.8. The Bertz CT molecular complexity index is 2300. The van der Waals surface area contributed by atoms with Crippen LogP contribution >= 0.6 is 0 Å². The zero-order valence-corrected chi connectivity index (χ0v) is 30.1. The molecule has 0 radical (unpaired) electrons. The van der Waals surface area contributed by atoms with E-state index in [1.54, 1.807) is 0 Å². The summed E-state index contributed by atoms with van der Waals surface area (Å²) in [5.41, 5.74) is 14.3. The third kappa shape index (κ3) is 8.20. The van der Waals surface area contributed by atoms with Gasteiger partial charge in [-0.05, 0) is 89.7 Å². The summed E-state index contributed by atoms with van der Waals surface area (Å²) in [6, 6.07) is 73.1. The van der Waals surface area contributed by atoms with Crippen molar-refractivity contribution in [1.29, 1.82) is 0 Å². The minimum Gasteiger partial charge on any atom is -0.0622 e. The third-order valence-electron chi connectivity index (χ3n) is 9.74. The summed E-state index contributed by atoms with van der Waals surface area (Å²) in [6.07, 6.45) is 13.4. The number of benzene rings is 8. The molecule has 0 unspecified atom stereocenters. The molecule has 0 heteroatoms. The van der Waals surface area contributed by atoms with Gasteiger partial charge >= 0.3 is 0 Å². The lowest BCUT2D eigenvalue weighted by Crippen LogP contribution is -1.88. The largest absolute Gasteiger partial charge is 0.0622 e. The second-order valence-electron chi connectivity index (χ2n) is 13.4. The van der Waals surface area contributed by atoms with Crippen LogP contribution in [-0.4, -0.2) is 0 Å². The lowest BCUT2D eigenvalue weighted by molar-refractivity contribution is 1.55. The van der Waals surface area contributed by atoms with Crippen LogP contribution in [-0.2, 0) is 0 Å². The molecule has 0 nitrogen and oxygen atoms in total. The average molecular weight is 689 g/mol. The van der Waals surface area contributed by atoms with Crippen molar-refractivity contribution in [1.82, 2.24) is 0 Å². The van der Waals surface area contributed by atoms with Crippen LogP contribution in [0.3, 0.4) is 0 Å². The maximum Gasteiger partial charge on any atom is -0.0105 e. The second-order valence-corrected chi connectivity index (χ2v) is 13.4. The summed E-state index contributed by atoms with van der Waals surface area (Å²) in [6.45, 7) is 0. The molecule has 0 bridgehead atoms. The van der Waals surface area contributed by atoms with E-state index < -0.39 is 0 Å². The Morgan fingerprint density at radius 3 is 0.833 bits per heavy atom. The van der Waals surface area contributed by atoms with Gasteiger partial charge in [0.05, 0.1) is 0 Å². The van der Waals surface area contributed by atoms with Crippen molar-refractivity contribution in [2.45, 2.75) is 0 Å². The Hall–Kier alpha value is -7.02. The smallest absolute Gasteiger partial charge is 0.0105 e. The first kappa shape index (κ1) is 34.1. The van der Waals surface area contributed by atoms with Gasteiger partial charge < -0.3 is 0 Å². The maximum atomic E-state index is 2.27. The van der Waals surface area contributed by atoms with Gasteiger partial charge in [0.15, 0.2) is 0 Å². The topological polar surface area (TPSA) is 0 Å². The molecule has 8 aromatic carbocycles. The van der Waals surface area contributed by atoms with Crippen molar-refractivity contribution in [3.63, 3.8) is 0 Å². The quantitative estimate of drug-likeness (QED) is 0.125. The minimum absolute atomic E-state index is 1.17. The fourth-order valence-electron chi connectivity index (χ4n) is 6.89. The van der Waals surface area contributed by atoms with E-state index in [4.69, 9.17) is 0 Å². The van der Waals surface area contributed by atoms with Gasteiger partial charge in [-0.3, -0.25) is 0 Å². The highest BCUT2D eigenvalue weighted by molar-refractivity contribution is 5.99. The molecule has 0 spiro atoms. The Morgan fingerprint density at radius 1 is 0.241 bits per heavy atom. The molecule has 0 aliphatic heterocycles. The van der Waals surface area contributed by atoms with E-state index in [0.717, 1.165) is 0 Å². The molecule has 0 fully saturated rings. The van der Waals surface area contributed by atoms with Crippen LogP contribution in [0.1, 0.15) is 55.6 Å². The summed E-state index contributed by atoms with van der Waals surface area (Å²) in [7, 11) is 0. The van der Waals surface area contributed by atoms with Gasteiger partial charge in [-0.25, -0.2) is 0 Å². The molecule has 0 saturated carbocycles. The van der Waals surface area contributed by atoms with Gasteiger partial charge in [-0.2, -0.15) is 0 Å². The van der Waals surface area contributed by atoms with E-state index in [0.29, 0.717) is 0 Å². The number of fused-ring (bicyclic) bond motifs is 1. The van der Waals surface area contributed by atoms with Crippen molar-refractivity contribution in [2.24, 2.45) is 0 Å². The van der Waals surface area contributed by atoms with Gasteiger partial charge in [0, 0.05) is 0 Å². The van der Waals surface area contributed by atoms with Gasteiger partial charge in [-0.1, -0.05) is 231 Å². The Morgan fingerprint density at radius 2 is 0.519 bits per heavy atom. The van der Waals surface area contributed by atoms with Crippen LogP contribution in [0.25, 0.3) is 58.4 Å². The molecule has 0 N–H and O–H groups in total. The monoisotopic (exact) mass is 688 g/mol. The first-order valence-electron chi connectivity index (χ1n) is 18.5. The van der Waals surface area contributed by atoms with Gasteiger partial charge in [0.2, 0.25) is 0 Å². The molecule has 0 aliphatic carbocycles. The Balaban J connectivity index is 1.00. The summed E-state index contributed by atoms with van der Waals surface area (Å²) in [4.78, 5) is 0. The van der Waals surface area contributed by atoms with E-state index >= 15 is 0 Å². The lowest BCUT2D eigenvalue weighted by Gasteiger charge is -2.09. The Kier molecular flexibility index (Phi) is 10.4. The Labute approximate surface area is 319 Å². The molecule has 0 saturated heterocycles. The second kappa shape index (κ2) is 16.5. The van der Waals surface area contributed by atoms with Crippen LogP contribution < -0.4 is 0 Å². The van der Waals surface area contributed by atoms with Crippen LogP contribution in [0.15, 0.2) is 206 Å². The molecule has 54 heavy (non-hydrogen) atoms. The number of hydrogen-bond acceptors (Lipinski definition) is 0. The van der Waals surface area contributed by atoms with Crippen LogP contribution in [0, 0.1) is 0 Å². The maximum absolute atomic E-state index is 2.27. The van der Waals surface area contributed by atoms with Crippen molar-refractivity contribution in [3.05, 3.63) is 262 Å². The standard InChI is InChI=1S/C54H40/c1-5-15-45(16-6-1)53(46-17-7-2-8-18-46)39-43-29-25-41(26-30-43)33-35-49-37-38-50(52-24-14-13-23-51(49)52)36-34-42-27-31-44(32-28-42)40-54(47-19-9-3-10-20-47)48-21-11-4-12-22-48/h1-40H/b35-33-,36-34-. The first-order valence-corrected chi connectivity index (χ1v) is 18.5. The fraction of sp³-hybridized carbons (Fsp3) is 0.